The summed E-state index contributed by atoms with van der Waals surface area (Å²) in [4.78, 5) is 18.9. The first-order valence-corrected chi connectivity index (χ1v) is 9.12. The Bertz CT molecular complexity index is 1020. The van der Waals surface area contributed by atoms with Crippen LogP contribution < -0.4 is 15.5 Å². The Kier molecular flexibility index (Phi) is 3.70. The van der Waals surface area contributed by atoms with Crippen LogP contribution in [-0.2, 0) is 0 Å². The van der Waals surface area contributed by atoms with Gasteiger partial charge in [0, 0.05) is 36.3 Å². The molecule has 6 heteroatoms. The Balaban J connectivity index is 1.38. The van der Waals surface area contributed by atoms with Crippen molar-refractivity contribution in [3.8, 4) is 0 Å². The van der Waals surface area contributed by atoms with Crippen molar-refractivity contribution in [2.45, 2.75) is 6.42 Å². The number of hydrogen-bond donors (Lipinski definition) is 2. The lowest BCUT2D eigenvalue weighted by molar-refractivity contribution is 0.262. The highest BCUT2D eigenvalue weighted by molar-refractivity contribution is 6.07. The highest BCUT2D eigenvalue weighted by Gasteiger charge is 2.45. The molecule has 2 N–H and O–H groups in total. The molecule has 2 heterocycles. The molecule has 1 unspecified atom stereocenters. The van der Waals surface area contributed by atoms with E-state index in [2.05, 4.69) is 20.5 Å². The average molecular weight is 362 g/mol. The number of rotatable bonds is 3. The van der Waals surface area contributed by atoms with Crippen molar-refractivity contribution in [1.29, 1.82) is 0 Å². The van der Waals surface area contributed by atoms with Gasteiger partial charge in [-0.3, -0.25) is 4.98 Å². The number of carbonyl (C=O) groups excluding carboxylic acids is 1. The van der Waals surface area contributed by atoms with Gasteiger partial charge in [0.25, 0.3) is 0 Å². The lowest BCUT2D eigenvalue weighted by Gasteiger charge is -2.23. The van der Waals surface area contributed by atoms with E-state index in [1.54, 1.807) is 18.5 Å². The predicted molar refractivity (Wildman–Crippen MR) is 105 cm³/mol. The first-order chi connectivity index (χ1) is 13.2. The maximum atomic E-state index is 13.8. The molecule has 2 amide bonds. The number of amides is 2. The monoisotopic (exact) mass is 362 g/mol. The molecule has 136 valence electrons. The van der Waals surface area contributed by atoms with E-state index in [9.17, 15) is 9.18 Å². The Labute approximate surface area is 156 Å². The minimum atomic E-state index is -0.350. The fraction of sp³-hybridized carbons (Fsp3) is 0.238. The first kappa shape index (κ1) is 16.1. The van der Waals surface area contributed by atoms with Crippen LogP contribution in [0.1, 0.15) is 6.42 Å². The minimum absolute atomic E-state index is 0.293. The third-order valence-corrected chi connectivity index (χ3v) is 5.46. The second kappa shape index (κ2) is 6.23. The van der Waals surface area contributed by atoms with E-state index in [-0.39, 0.29) is 11.8 Å². The molecular formula is C21H19FN4O. The number of nitrogens with zero attached hydrogens (tertiary/aromatic N) is 2. The molecule has 27 heavy (non-hydrogen) atoms. The van der Waals surface area contributed by atoms with E-state index in [1.807, 2.05) is 24.3 Å². The third-order valence-electron chi connectivity index (χ3n) is 5.46. The molecule has 1 saturated carbocycles. The number of piperidine rings is 1. The fourth-order valence-corrected chi connectivity index (χ4v) is 3.97. The number of anilines is 3. The highest BCUT2D eigenvalue weighted by Crippen LogP contribution is 2.47. The van der Waals surface area contributed by atoms with Gasteiger partial charge < -0.3 is 15.5 Å². The zero-order valence-corrected chi connectivity index (χ0v) is 14.7. The number of benzene rings is 2. The van der Waals surface area contributed by atoms with E-state index in [0.29, 0.717) is 11.4 Å². The van der Waals surface area contributed by atoms with Crippen LogP contribution in [0, 0.1) is 17.7 Å². The summed E-state index contributed by atoms with van der Waals surface area (Å²) >= 11 is 0. The summed E-state index contributed by atoms with van der Waals surface area (Å²) < 4.78 is 13.8. The number of hydrogen-bond acceptors (Lipinski definition) is 3. The van der Waals surface area contributed by atoms with Crippen LogP contribution in [0.5, 0.6) is 0 Å². The molecule has 0 bridgehead atoms. The number of aromatic nitrogens is 1. The van der Waals surface area contributed by atoms with Gasteiger partial charge >= 0.3 is 6.03 Å². The van der Waals surface area contributed by atoms with Crippen molar-refractivity contribution in [2.24, 2.45) is 11.8 Å². The molecule has 2 fully saturated rings. The normalized spacial score (nSPS) is 20.4. The van der Waals surface area contributed by atoms with Gasteiger partial charge in [0.2, 0.25) is 0 Å². The molecule has 0 radical (unpaired) electrons. The SMILES string of the molecule is O=C(Nc1ccc(F)cc1N1CC2C[C@H]2C1)Nc1cccc2cnccc12. The van der Waals surface area contributed by atoms with Crippen LogP contribution in [0.4, 0.5) is 26.2 Å². The molecule has 0 spiro atoms. The first-order valence-electron chi connectivity index (χ1n) is 9.12. The van der Waals surface area contributed by atoms with Gasteiger partial charge in [0.15, 0.2) is 0 Å². The van der Waals surface area contributed by atoms with E-state index in [0.717, 1.165) is 41.4 Å². The smallest absolute Gasteiger partial charge is 0.323 e. The Morgan fingerprint density at radius 2 is 1.89 bits per heavy atom. The topological polar surface area (TPSA) is 57.3 Å². The number of nitrogens with one attached hydrogen (secondary N) is 2. The largest absolute Gasteiger partial charge is 0.369 e. The van der Waals surface area contributed by atoms with Crippen LogP contribution in [0.15, 0.2) is 54.9 Å². The molecule has 2 atom stereocenters. The van der Waals surface area contributed by atoms with Crippen LogP contribution in [-0.4, -0.2) is 24.1 Å². The maximum absolute atomic E-state index is 13.8. The molecule has 1 aromatic heterocycles. The van der Waals surface area contributed by atoms with E-state index in [4.69, 9.17) is 0 Å². The lowest BCUT2D eigenvalue weighted by Crippen LogP contribution is -2.25. The van der Waals surface area contributed by atoms with Gasteiger partial charge in [-0.05, 0) is 48.6 Å². The van der Waals surface area contributed by atoms with Crippen molar-refractivity contribution in [3.63, 3.8) is 0 Å². The fourth-order valence-electron chi connectivity index (χ4n) is 3.97. The average Bonchev–Trinajstić information content (AvgIpc) is 3.29. The van der Waals surface area contributed by atoms with Gasteiger partial charge in [0.05, 0.1) is 17.1 Å². The van der Waals surface area contributed by atoms with Crippen molar-refractivity contribution in [3.05, 3.63) is 60.7 Å². The Morgan fingerprint density at radius 1 is 1.07 bits per heavy atom. The van der Waals surface area contributed by atoms with E-state index < -0.39 is 0 Å². The molecule has 1 aliphatic carbocycles. The van der Waals surface area contributed by atoms with Crippen molar-refractivity contribution >= 4 is 33.9 Å². The highest BCUT2D eigenvalue weighted by atomic mass is 19.1. The summed E-state index contributed by atoms with van der Waals surface area (Å²) in [5, 5.41) is 7.65. The Hall–Kier alpha value is -3.15. The third kappa shape index (κ3) is 3.07. The van der Waals surface area contributed by atoms with Gasteiger partial charge in [-0.2, -0.15) is 0 Å². The lowest BCUT2D eigenvalue weighted by atomic mass is 10.1. The molecule has 2 aromatic carbocycles. The van der Waals surface area contributed by atoms with Gasteiger partial charge in [-0.15, -0.1) is 0 Å². The van der Waals surface area contributed by atoms with E-state index >= 15 is 0 Å². The second-order valence-corrected chi connectivity index (χ2v) is 7.30. The van der Waals surface area contributed by atoms with Crippen molar-refractivity contribution < 1.29 is 9.18 Å². The van der Waals surface area contributed by atoms with Crippen LogP contribution >= 0.6 is 0 Å². The minimum Gasteiger partial charge on any atom is -0.369 e. The second-order valence-electron chi connectivity index (χ2n) is 7.30. The van der Waals surface area contributed by atoms with Crippen LogP contribution in [0.2, 0.25) is 0 Å². The molecule has 3 aromatic rings. The number of halogens is 1. The zero-order chi connectivity index (χ0) is 18.4. The quantitative estimate of drug-likeness (QED) is 0.723. The molecule has 5 nitrogen and oxygen atoms in total. The molecule has 5 rings (SSSR count). The Morgan fingerprint density at radius 3 is 2.74 bits per heavy atom. The van der Waals surface area contributed by atoms with Crippen LogP contribution in [0.25, 0.3) is 10.8 Å². The number of fused-ring (bicyclic) bond motifs is 2. The van der Waals surface area contributed by atoms with Gasteiger partial charge in [-0.1, -0.05) is 12.1 Å². The summed E-state index contributed by atoms with van der Waals surface area (Å²) in [6, 6.07) is 11.7. The molecule has 1 saturated heterocycles. The molecule has 1 aliphatic heterocycles. The number of urea groups is 1. The molecule has 2 aliphatic rings. The van der Waals surface area contributed by atoms with Crippen molar-refractivity contribution in [1.82, 2.24) is 4.98 Å². The standard InChI is InChI=1S/C21H19FN4O/c22-16-4-5-19(20(9-16)26-11-14-8-15(14)12-26)25-21(27)24-18-3-1-2-13-10-23-7-6-17(13)18/h1-7,9-10,14-15H,8,11-12H2,(H2,24,25,27)/t14-,15?/m0/s1. The maximum Gasteiger partial charge on any atom is 0.323 e. The van der Waals surface area contributed by atoms with E-state index in [1.165, 1.54) is 18.6 Å². The summed E-state index contributed by atoms with van der Waals surface area (Å²) in [5.74, 6) is 1.15. The summed E-state index contributed by atoms with van der Waals surface area (Å²) in [6.07, 6.45) is 4.72. The number of carbonyl (C=O) groups is 1. The summed E-state index contributed by atoms with van der Waals surface area (Å²) in [6.45, 7) is 1.86. The summed E-state index contributed by atoms with van der Waals surface area (Å²) in [5.41, 5.74) is 2.08. The predicted octanol–water partition coefficient (Wildman–Crippen LogP) is 4.47. The van der Waals surface area contributed by atoms with Crippen molar-refractivity contribution in [2.75, 3.05) is 28.6 Å². The zero-order valence-electron chi connectivity index (χ0n) is 14.7. The number of pyridine rings is 1. The molecular weight excluding hydrogens is 343 g/mol. The van der Waals surface area contributed by atoms with Crippen LogP contribution in [0.3, 0.4) is 0 Å². The van der Waals surface area contributed by atoms with Gasteiger partial charge in [-0.25, -0.2) is 9.18 Å². The van der Waals surface area contributed by atoms with Gasteiger partial charge in [0.1, 0.15) is 5.82 Å². The summed E-state index contributed by atoms with van der Waals surface area (Å²) in [7, 11) is 0.